The van der Waals surface area contributed by atoms with E-state index in [2.05, 4.69) is 0 Å². The number of aromatic nitrogens is 1. The van der Waals surface area contributed by atoms with E-state index in [1.165, 1.54) is 21.1 Å². The van der Waals surface area contributed by atoms with Crippen molar-refractivity contribution in [2.75, 3.05) is 20.8 Å². The number of ketones is 1. The van der Waals surface area contributed by atoms with Crippen LogP contribution in [-0.4, -0.2) is 49.1 Å². The van der Waals surface area contributed by atoms with Crippen LogP contribution in [0.25, 0.3) is 0 Å². The van der Waals surface area contributed by atoms with E-state index >= 15 is 0 Å². The third-order valence-corrected chi connectivity index (χ3v) is 5.76. The van der Waals surface area contributed by atoms with Crippen LogP contribution in [0.15, 0.2) is 30.3 Å². The van der Waals surface area contributed by atoms with Crippen LogP contribution in [0.1, 0.15) is 52.8 Å². The minimum atomic E-state index is -1.13. The van der Waals surface area contributed by atoms with E-state index in [9.17, 15) is 19.2 Å². The molecule has 0 fully saturated rings. The molecule has 178 valence electrons. The second-order valence-electron chi connectivity index (χ2n) is 7.74. The summed E-state index contributed by atoms with van der Waals surface area (Å²) in [6, 6.07) is 8.59. The van der Waals surface area contributed by atoms with E-state index in [0.29, 0.717) is 23.4 Å². The number of esters is 3. The molecule has 33 heavy (non-hydrogen) atoms. The first-order valence-corrected chi connectivity index (χ1v) is 10.7. The van der Waals surface area contributed by atoms with Crippen molar-refractivity contribution in [1.82, 2.24) is 4.57 Å². The van der Waals surface area contributed by atoms with E-state index in [1.807, 2.05) is 30.3 Å². The first kappa shape index (κ1) is 25.8. The Morgan fingerprint density at radius 3 is 2.09 bits per heavy atom. The number of rotatable bonds is 10. The number of ether oxygens (including phenoxy) is 3. The Hall–Kier alpha value is -3.42. The highest BCUT2D eigenvalue weighted by Gasteiger charge is 2.35. The van der Waals surface area contributed by atoms with E-state index in [0.717, 1.165) is 5.56 Å². The van der Waals surface area contributed by atoms with Crippen molar-refractivity contribution in [3.05, 3.63) is 58.4 Å². The van der Waals surface area contributed by atoms with Gasteiger partial charge in [-0.05, 0) is 38.8 Å². The lowest BCUT2D eigenvalue weighted by Crippen LogP contribution is -2.31. The third-order valence-electron chi connectivity index (χ3n) is 5.76. The molecule has 1 heterocycles. The Morgan fingerprint density at radius 2 is 1.58 bits per heavy atom. The van der Waals surface area contributed by atoms with Crippen LogP contribution >= 0.6 is 0 Å². The molecule has 0 spiro atoms. The molecule has 0 unspecified atom stereocenters. The quantitative estimate of drug-likeness (QED) is 0.307. The van der Waals surface area contributed by atoms with Gasteiger partial charge in [0.15, 0.2) is 0 Å². The molecule has 2 rings (SSSR count). The molecule has 2 atom stereocenters. The normalized spacial score (nSPS) is 12.5. The van der Waals surface area contributed by atoms with E-state index in [1.54, 1.807) is 25.3 Å². The zero-order valence-electron chi connectivity index (χ0n) is 20.0. The maximum Gasteiger partial charge on any atom is 0.339 e. The molecule has 0 radical (unpaired) electrons. The molecular weight excluding hydrogens is 426 g/mol. The van der Waals surface area contributed by atoms with Crippen LogP contribution in [0.5, 0.6) is 0 Å². The Bertz CT molecular complexity index is 1020. The molecule has 0 saturated carbocycles. The fourth-order valence-corrected chi connectivity index (χ4v) is 3.98. The van der Waals surface area contributed by atoms with E-state index in [-0.39, 0.29) is 18.6 Å². The summed E-state index contributed by atoms with van der Waals surface area (Å²) in [6.07, 6.45) is 0.178. The summed E-state index contributed by atoms with van der Waals surface area (Å²) in [7, 11) is 2.46. The Balaban J connectivity index is 2.76. The summed E-state index contributed by atoms with van der Waals surface area (Å²) in [5, 5.41) is 0. The zero-order chi connectivity index (χ0) is 24.7. The largest absolute Gasteiger partial charge is 0.468 e. The molecule has 8 heteroatoms. The monoisotopic (exact) mass is 457 g/mol. The van der Waals surface area contributed by atoms with Crippen molar-refractivity contribution in [2.45, 2.75) is 46.6 Å². The van der Waals surface area contributed by atoms with Gasteiger partial charge in [-0.15, -0.1) is 0 Å². The summed E-state index contributed by atoms with van der Waals surface area (Å²) < 4.78 is 16.9. The van der Waals surface area contributed by atoms with Crippen LogP contribution in [-0.2, 0) is 41.4 Å². The Morgan fingerprint density at radius 1 is 0.939 bits per heavy atom. The smallest absolute Gasteiger partial charge is 0.339 e. The number of hydrogen-bond donors (Lipinski definition) is 0. The summed E-state index contributed by atoms with van der Waals surface area (Å²) in [5.74, 6) is -3.34. The molecule has 0 aliphatic carbocycles. The van der Waals surface area contributed by atoms with Crippen molar-refractivity contribution < 1.29 is 33.4 Å². The van der Waals surface area contributed by atoms with Crippen molar-refractivity contribution in [3.8, 4) is 0 Å². The molecular formula is C25H31NO7. The lowest BCUT2D eigenvalue weighted by Gasteiger charge is -2.24. The number of methoxy groups -OCH3 is 2. The molecule has 2 aromatic rings. The zero-order valence-corrected chi connectivity index (χ0v) is 20.0. The maximum atomic E-state index is 13.1. The van der Waals surface area contributed by atoms with Gasteiger partial charge in [0, 0.05) is 24.2 Å². The average Bonchev–Trinajstić information content (AvgIpc) is 3.04. The first-order chi connectivity index (χ1) is 15.7. The molecule has 0 N–H and O–H groups in total. The van der Waals surface area contributed by atoms with Gasteiger partial charge in [-0.3, -0.25) is 9.59 Å². The third kappa shape index (κ3) is 5.69. The standard InChI is InChI=1S/C25H31NO7/c1-7-33-24(29)21(13-18-11-9-8-10-12-18)26-16(3)15(2)22(25(30)32-6)20(26)14-19(17(4)27)23(28)31-5/h8-12,19,21H,7,13-14H2,1-6H3/t19-,21-/m0/s1. The van der Waals surface area contributed by atoms with Gasteiger partial charge < -0.3 is 18.8 Å². The van der Waals surface area contributed by atoms with E-state index < -0.39 is 35.7 Å². The highest BCUT2D eigenvalue weighted by molar-refractivity contribution is 5.99. The summed E-state index contributed by atoms with van der Waals surface area (Å²) in [5.41, 5.74) is 2.73. The number of carbonyl (C=O) groups is 4. The highest BCUT2D eigenvalue weighted by atomic mass is 16.5. The predicted octanol–water partition coefficient (Wildman–Crippen LogP) is 3.16. The number of benzene rings is 1. The summed E-state index contributed by atoms with van der Waals surface area (Å²) in [4.78, 5) is 50.5. The van der Waals surface area contributed by atoms with Gasteiger partial charge in [-0.1, -0.05) is 30.3 Å². The fraction of sp³-hybridized carbons (Fsp3) is 0.440. The second kappa shape index (κ2) is 11.4. The van der Waals surface area contributed by atoms with Crippen molar-refractivity contribution >= 4 is 23.7 Å². The Labute approximate surface area is 193 Å². The molecule has 0 amide bonds. The highest BCUT2D eigenvalue weighted by Crippen LogP contribution is 2.31. The predicted molar refractivity (Wildman–Crippen MR) is 121 cm³/mol. The minimum absolute atomic E-state index is 0.119. The van der Waals surface area contributed by atoms with Gasteiger partial charge in [-0.25, -0.2) is 9.59 Å². The fourth-order valence-electron chi connectivity index (χ4n) is 3.98. The van der Waals surface area contributed by atoms with Gasteiger partial charge in [-0.2, -0.15) is 0 Å². The van der Waals surface area contributed by atoms with Crippen LogP contribution < -0.4 is 0 Å². The van der Waals surface area contributed by atoms with Crippen molar-refractivity contribution in [2.24, 2.45) is 5.92 Å². The van der Waals surface area contributed by atoms with Crippen LogP contribution in [0.3, 0.4) is 0 Å². The average molecular weight is 458 g/mol. The molecule has 0 aliphatic rings. The van der Waals surface area contributed by atoms with Gasteiger partial charge in [0.05, 0.1) is 26.4 Å². The first-order valence-electron chi connectivity index (χ1n) is 10.7. The van der Waals surface area contributed by atoms with Gasteiger partial charge in [0.1, 0.15) is 17.7 Å². The van der Waals surface area contributed by atoms with Crippen molar-refractivity contribution in [3.63, 3.8) is 0 Å². The maximum absolute atomic E-state index is 13.1. The lowest BCUT2D eigenvalue weighted by atomic mass is 9.95. The molecule has 0 aliphatic heterocycles. The molecule has 0 bridgehead atoms. The van der Waals surface area contributed by atoms with Gasteiger partial charge >= 0.3 is 17.9 Å². The molecule has 0 saturated heterocycles. The van der Waals surface area contributed by atoms with Gasteiger partial charge in [0.25, 0.3) is 0 Å². The van der Waals surface area contributed by atoms with Crippen LogP contribution in [0, 0.1) is 19.8 Å². The summed E-state index contributed by atoms with van der Waals surface area (Å²) in [6.45, 7) is 6.71. The molecule has 1 aromatic carbocycles. The van der Waals surface area contributed by atoms with Crippen molar-refractivity contribution in [1.29, 1.82) is 0 Å². The molecule has 1 aromatic heterocycles. The van der Waals surface area contributed by atoms with Gasteiger partial charge in [0.2, 0.25) is 0 Å². The topological polar surface area (TPSA) is 101 Å². The second-order valence-corrected chi connectivity index (χ2v) is 7.74. The van der Waals surface area contributed by atoms with Crippen LogP contribution in [0.4, 0.5) is 0 Å². The Kier molecular flexibility index (Phi) is 8.96. The number of carbonyl (C=O) groups excluding carboxylic acids is 4. The number of Topliss-reactive ketones (excluding diaryl/α,β-unsaturated/α-hetero) is 1. The lowest BCUT2D eigenvalue weighted by molar-refractivity contribution is -0.149. The number of hydrogen-bond acceptors (Lipinski definition) is 7. The molecule has 8 nitrogen and oxygen atoms in total. The minimum Gasteiger partial charge on any atom is -0.468 e. The number of nitrogens with zero attached hydrogens (tertiary/aromatic N) is 1. The van der Waals surface area contributed by atoms with Crippen LogP contribution in [0.2, 0.25) is 0 Å². The van der Waals surface area contributed by atoms with E-state index in [4.69, 9.17) is 14.2 Å². The SMILES string of the molecule is CCOC(=O)[C@H](Cc1ccccc1)n1c(C)c(C)c(C(=O)OC)c1C[C@@H](C(C)=O)C(=O)OC. The summed E-state index contributed by atoms with van der Waals surface area (Å²) >= 11 is 0.